The fourth-order valence-corrected chi connectivity index (χ4v) is 2.37. The van der Waals surface area contributed by atoms with Crippen LogP contribution in [0.15, 0.2) is 28.7 Å². The summed E-state index contributed by atoms with van der Waals surface area (Å²) < 4.78 is 11.2. The number of hydrogen-bond donors (Lipinski definition) is 1. The molecule has 0 bridgehead atoms. The maximum absolute atomic E-state index is 6.29. The van der Waals surface area contributed by atoms with E-state index in [9.17, 15) is 0 Å². The van der Waals surface area contributed by atoms with Crippen LogP contribution in [0.4, 0.5) is 0 Å². The zero-order chi connectivity index (χ0) is 15.4. The van der Waals surface area contributed by atoms with Gasteiger partial charge in [-0.15, -0.1) is 0 Å². The summed E-state index contributed by atoms with van der Waals surface area (Å²) in [6.07, 6.45) is 0. The van der Waals surface area contributed by atoms with Crippen molar-refractivity contribution in [3.8, 4) is 17.1 Å². The van der Waals surface area contributed by atoms with Crippen molar-refractivity contribution >= 4 is 23.2 Å². The van der Waals surface area contributed by atoms with Gasteiger partial charge in [0.1, 0.15) is 17.3 Å². The van der Waals surface area contributed by atoms with Gasteiger partial charge in [-0.2, -0.15) is 0 Å². The van der Waals surface area contributed by atoms with Gasteiger partial charge in [-0.1, -0.05) is 37.0 Å². The highest BCUT2D eigenvalue weighted by Crippen LogP contribution is 2.37. The molecule has 0 radical (unpaired) electrons. The Bertz CT molecular complexity index is 608. The van der Waals surface area contributed by atoms with Crippen LogP contribution in [0.25, 0.3) is 11.3 Å². The monoisotopic (exact) mass is 327 g/mol. The first-order chi connectivity index (χ1) is 10.0. The number of benzene rings is 1. The molecule has 5 heteroatoms. The van der Waals surface area contributed by atoms with Crippen LogP contribution in [0.2, 0.25) is 10.0 Å². The quantitative estimate of drug-likeness (QED) is 0.796. The summed E-state index contributed by atoms with van der Waals surface area (Å²) in [6, 6.07) is 7.73. The van der Waals surface area contributed by atoms with Gasteiger partial charge in [-0.25, -0.2) is 0 Å². The molecule has 114 valence electrons. The molecule has 0 atom stereocenters. The van der Waals surface area contributed by atoms with Crippen molar-refractivity contribution in [3.63, 3.8) is 0 Å². The number of hydrogen-bond acceptors (Lipinski definition) is 3. The molecule has 2 aromatic rings. The fraction of sp³-hybridized carbons (Fsp3) is 0.375. The van der Waals surface area contributed by atoms with E-state index in [0.717, 1.165) is 11.3 Å². The van der Waals surface area contributed by atoms with Crippen molar-refractivity contribution < 1.29 is 9.15 Å². The van der Waals surface area contributed by atoms with Crippen LogP contribution in [0, 0.1) is 0 Å². The summed E-state index contributed by atoms with van der Waals surface area (Å²) in [5, 5.41) is 4.38. The number of rotatable bonds is 6. The normalized spacial score (nSPS) is 11.1. The summed E-state index contributed by atoms with van der Waals surface area (Å²) in [5.74, 6) is 2.14. The van der Waals surface area contributed by atoms with Crippen molar-refractivity contribution in [1.29, 1.82) is 0 Å². The zero-order valence-electron chi connectivity index (χ0n) is 12.4. The maximum atomic E-state index is 6.29. The van der Waals surface area contributed by atoms with Crippen LogP contribution in [-0.2, 0) is 6.54 Å². The summed E-state index contributed by atoms with van der Waals surface area (Å²) in [5.41, 5.74) is 0.765. The Hall–Kier alpha value is -1.16. The first kappa shape index (κ1) is 16.2. The molecule has 0 spiro atoms. The molecule has 21 heavy (non-hydrogen) atoms. The third kappa shape index (κ3) is 4.16. The van der Waals surface area contributed by atoms with E-state index in [1.165, 1.54) is 0 Å². The Kier molecular flexibility index (Phi) is 5.57. The second kappa shape index (κ2) is 7.21. The van der Waals surface area contributed by atoms with E-state index in [1.807, 2.05) is 19.1 Å². The first-order valence-electron chi connectivity index (χ1n) is 6.95. The largest absolute Gasteiger partial charge is 0.492 e. The van der Waals surface area contributed by atoms with Crippen molar-refractivity contribution in [3.05, 3.63) is 40.1 Å². The van der Waals surface area contributed by atoms with E-state index < -0.39 is 0 Å². The number of ether oxygens (including phenoxy) is 1. The topological polar surface area (TPSA) is 34.4 Å². The highest BCUT2D eigenvalue weighted by atomic mass is 35.5. The SMILES string of the molecule is CCOc1cc(Cl)c(-c2ccc(CNC(C)C)o2)cc1Cl. The average molecular weight is 328 g/mol. The molecule has 0 saturated carbocycles. The molecule has 1 N–H and O–H groups in total. The molecule has 0 saturated heterocycles. The van der Waals surface area contributed by atoms with Crippen LogP contribution in [0.1, 0.15) is 26.5 Å². The van der Waals surface area contributed by atoms with Crippen LogP contribution < -0.4 is 10.1 Å². The molecule has 0 unspecified atom stereocenters. The van der Waals surface area contributed by atoms with E-state index in [2.05, 4.69) is 19.2 Å². The van der Waals surface area contributed by atoms with Gasteiger partial charge in [0, 0.05) is 17.7 Å². The van der Waals surface area contributed by atoms with E-state index >= 15 is 0 Å². The van der Waals surface area contributed by atoms with Gasteiger partial charge in [-0.3, -0.25) is 0 Å². The van der Waals surface area contributed by atoms with Gasteiger partial charge >= 0.3 is 0 Å². The highest BCUT2D eigenvalue weighted by Gasteiger charge is 2.13. The lowest BCUT2D eigenvalue weighted by Gasteiger charge is -2.09. The van der Waals surface area contributed by atoms with Gasteiger partial charge in [0.15, 0.2) is 0 Å². The Morgan fingerprint density at radius 2 is 1.95 bits per heavy atom. The van der Waals surface area contributed by atoms with E-state index in [4.69, 9.17) is 32.4 Å². The molecule has 0 amide bonds. The smallest absolute Gasteiger partial charge is 0.139 e. The first-order valence-corrected chi connectivity index (χ1v) is 7.71. The Morgan fingerprint density at radius 3 is 2.62 bits per heavy atom. The summed E-state index contributed by atoms with van der Waals surface area (Å²) >= 11 is 12.5. The second-order valence-electron chi connectivity index (χ2n) is 5.00. The average Bonchev–Trinajstić information content (AvgIpc) is 2.89. The van der Waals surface area contributed by atoms with Crippen LogP contribution in [-0.4, -0.2) is 12.6 Å². The van der Waals surface area contributed by atoms with E-state index in [1.54, 1.807) is 12.1 Å². The summed E-state index contributed by atoms with van der Waals surface area (Å²) in [4.78, 5) is 0. The molecule has 0 aliphatic carbocycles. The third-order valence-corrected chi connectivity index (χ3v) is 3.54. The predicted octanol–water partition coefficient (Wildman–Crippen LogP) is 5.15. The lowest BCUT2D eigenvalue weighted by molar-refractivity contribution is 0.340. The van der Waals surface area contributed by atoms with Crippen molar-refractivity contribution in [2.45, 2.75) is 33.4 Å². The predicted molar refractivity (Wildman–Crippen MR) is 87.3 cm³/mol. The van der Waals surface area contributed by atoms with Gasteiger partial charge in [0.05, 0.1) is 23.2 Å². The Labute approximate surface area is 135 Å². The Morgan fingerprint density at radius 1 is 1.19 bits per heavy atom. The lowest BCUT2D eigenvalue weighted by Crippen LogP contribution is -2.21. The third-order valence-electron chi connectivity index (χ3n) is 2.93. The molecule has 1 heterocycles. The van der Waals surface area contributed by atoms with Crippen molar-refractivity contribution in [2.24, 2.45) is 0 Å². The molecule has 0 aliphatic heterocycles. The highest BCUT2D eigenvalue weighted by molar-refractivity contribution is 6.36. The zero-order valence-corrected chi connectivity index (χ0v) is 13.9. The minimum atomic E-state index is 0.405. The van der Waals surface area contributed by atoms with Gasteiger partial charge in [-0.05, 0) is 25.1 Å². The van der Waals surface area contributed by atoms with Crippen molar-refractivity contribution in [1.82, 2.24) is 5.32 Å². The molecular weight excluding hydrogens is 309 g/mol. The fourth-order valence-electron chi connectivity index (χ4n) is 1.91. The maximum Gasteiger partial charge on any atom is 0.139 e. The minimum Gasteiger partial charge on any atom is -0.492 e. The van der Waals surface area contributed by atoms with Crippen LogP contribution in [0.3, 0.4) is 0 Å². The minimum absolute atomic E-state index is 0.405. The Balaban J connectivity index is 2.24. The number of furan rings is 1. The van der Waals surface area contributed by atoms with E-state index in [-0.39, 0.29) is 0 Å². The molecule has 0 aliphatic rings. The van der Waals surface area contributed by atoms with Gasteiger partial charge < -0.3 is 14.5 Å². The van der Waals surface area contributed by atoms with E-state index in [0.29, 0.717) is 40.7 Å². The lowest BCUT2D eigenvalue weighted by atomic mass is 10.1. The van der Waals surface area contributed by atoms with Crippen LogP contribution in [0.5, 0.6) is 5.75 Å². The summed E-state index contributed by atoms with van der Waals surface area (Å²) in [7, 11) is 0. The van der Waals surface area contributed by atoms with Gasteiger partial charge in [0.2, 0.25) is 0 Å². The molecule has 0 fully saturated rings. The van der Waals surface area contributed by atoms with Gasteiger partial charge in [0.25, 0.3) is 0 Å². The summed E-state index contributed by atoms with van der Waals surface area (Å²) in [6.45, 7) is 7.31. The number of nitrogens with one attached hydrogen (secondary N) is 1. The number of halogens is 2. The standard InChI is InChI=1S/C16H19Cl2NO2/c1-4-20-16-8-13(17)12(7-14(16)18)15-6-5-11(21-15)9-19-10(2)3/h5-8,10,19H,4,9H2,1-3H3. The van der Waals surface area contributed by atoms with Crippen molar-refractivity contribution in [2.75, 3.05) is 6.61 Å². The van der Waals surface area contributed by atoms with Crippen LogP contribution >= 0.6 is 23.2 Å². The molecule has 1 aromatic heterocycles. The molecular formula is C16H19Cl2NO2. The molecule has 2 rings (SSSR count). The molecule has 3 nitrogen and oxygen atoms in total. The second-order valence-corrected chi connectivity index (χ2v) is 5.81. The molecule has 1 aromatic carbocycles.